The molecule has 1 amide bonds. The van der Waals surface area contributed by atoms with Crippen LogP contribution in [0.25, 0.3) is 0 Å². The third kappa shape index (κ3) is 3.99. The second-order valence-electron chi connectivity index (χ2n) is 4.50. The fourth-order valence-corrected chi connectivity index (χ4v) is 1.83. The van der Waals surface area contributed by atoms with Gasteiger partial charge in [0.2, 0.25) is 0 Å². The zero-order valence-electron chi connectivity index (χ0n) is 10.5. The fourth-order valence-electron chi connectivity index (χ4n) is 1.62. The van der Waals surface area contributed by atoms with Gasteiger partial charge < -0.3 is 10.4 Å². The van der Waals surface area contributed by atoms with Crippen molar-refractivity contribution in [1.82, 2.24) is 5.32 Å². The van der Waals surface area contributed by atoms with E-state index in [0.717, 1.165) is 0 Å². The molecule has 0 saturated carbocycles. The Labute approximate surface area is 112 Å². The Morgan fingerprint density at radius 3 is 2.67 bits per heavy atom. The number of hydrogen-bond acceptors (Lipinski definition) is 3. The lowest BCUT2D eigenvalue weighted by Gasteiger charge is -2.21. The number of halogens is 1. The van der Waals surface area contributed by atoms with E-state index in [1.54, 1.807) is 0 Å². The van der Waals surface area contributed by atoms with Crippen LogP contribution in [0.15, 0.2) is 23.1 Å². The number of thiol groups is 1. The molecule has 1 rings (SSSR count). The van der Waals surface area contributed by atoms with Gasteiger partial charge >= 0.3 is 0 Å². The predicted molar refractivity (Wildman–Crippen MR) is 71.4 cm³/mol. The van der Waals surface area contributed by atoms with Crippen molar-refractivity contribution in [3.05, 3.63) is 29.6 Å². The van der Waals surface area contributed by atoms with Crippen LogP contribution in [0.3, 0.4) is 0 Å². The fraction of sp³-hybridized carbons (Fsp3) is 0.462. The van der Waals surface area contributed by atoms with E-state index in [-0.39, 0.29) is 29.4 Å². The zero-order valence-corrected chi connectivity index (χ0v) is 11.4. The minimum absolute atomic E-state index is 0.0182. The van der Waals surface area contributed by atoms with E-state index in [2.05, 4.69) is 17.9 Å². The molecule has 5 heteroatoms. The van der Waals surface area contributed by atoms with E-state index < -0.39 is 5.82 Å². The van der Waals surface area contributed by atoms with Crippen molar-refractivity contribution in [2.24, 2.45) is 5.92 Å². The van der Waals surface area contributed by atoms with Gasteiger partial charge in [-0.05, 0) is 30.5 Å². The molecule has 0 saturated heterocycles. The van der Waals surface area contributed by atoms with Crippen LogP contribution < -0.4 is 5.32 Å². The van der Waals surface area contributed by atoms with Crippen LogP contribution >= 0.6 is 12.6 Å². The summed E-state index contributed by atoms with van der Waals surface area (Å²) in [6.07, 6.45) is 0.498. The third-order valence-corrected chi connectivity index (χ3v) is 3.11. The average molecular weight is 271 g/mol. The number of aliphatic hydroxyl groups is 1. The number of benzene rings is 1. The number of amides is 1. The summed E-state index contributed by atoms with van der Waals surface area (Å²) in [5.74, 6) is -0.514. The Morgan fingerprint density at radius 1 is 1.50 bits per heavy atom. The van der Waals surface area contributed by atoms with Crippen molar-refractivity contribution >= 4 is 18.5 Å². The first kappa shape index (κ1) is 15.0. The van der Waals surface area contributed by atoms with Crippen LogP contribution in [0, 0.1) is 11.7 Å². The van der Waals surface area contributed by atoms with Crippen molar-refractivity contribution in [2.45, 2.75) is 31.2 Å². The highest BCUT2D eigenvalue weighted by Gasteiger charge is 2.17. The van der Waals surface area contributed by atoms with Crippen molar-refractivity contribution in [3.8, 4) is 0 Å². The molecule has 0 heterocycles. The second-order valence-corrected chi connectivity index (χ2v) is 4.98. The van der Waals surface area contributed by atoms with E-state index >= 15 is 0 Å². The first-order valence-electron chi connectivity index (χ1n) is 5.86. The normalized spacial score (nSPS) is 12.6. The number of aliphatic hydroxyl groups excluding tert-OH is 1. The molecule has 0 aliphatic rings. The number of carbonyl (C=O) groups is 1. The number of nitrogens with one attached hydrogen (secondary N) is 1. The largest absolute Gasteiger partial charge is 0.396 e. The molecular formula is C13H18FNO2S. The molecule has 0 radical (unpaired) electrons. The SMILES string of the molecule is CC(C)C(CCO)NC(=O)c1ccc(F)c(S)c1. The average Bonchev–Trinajstić information content (AvgIpc) is 2.31. The van der Waals surface area contributed by atoms with Crippen molar-refractivity contribution in [1.29, 1.82) is 0 Å². The monoisotopic (exact) mass is 271 g/mol. The molecule has 0 aliphatic heterocycles. The molecule has 0 aliphatic carbocycles. The molecule has 1 unspecified atom stereocenters. The van der Waals surface area contributed by atoms with Crippen LogP contribution in [-0.2, 0) is 0 Å². The number of hydrogen-bond donors (Lipinski definition) is 3. The standard InChI is InChI=1S/C13H18FNO2S/c1-8(2)11(5-6-16)15-13(17)9-3-4-10(14)12(18)7-9/h3-4,7-8,11,16,18H,5-6H2,1-2H3,(H,15,17). The maximum absolute atomic E-state index is 13.0. The molecule has 100 valence electrons. The Bertz CT molecular complexity index is 423. The zero-order chi connectivity index (χ0) is 13.7. The van der Waals surface area contributed by atoms with E-state index in [1.807, 2.05) is 13.8 Å². The Balaban J connectivity index is 2.77. The molecular weight excluding hydrogens is 253 g/mol. The summed E-state index contributed by atoms with van der Waals surface area (Å²) in [4.78, 5) is 12.1. The van der Waals surface area contributed by atoms with Gasteiger partial charge in [-0.3, -0.25) is 4.79 Å². The number of rotatable bonds is 5. The minimum atomic E-state index is -0.453. The molecule has 0 aromatic heterocycles. The van der Waals surface area contributed by atoms with Gasteiger partial charge in [-0.1, -0.05) is 13.8 Å². The highest BCUT2D eigenvalue weighted by atomic mass is 32.1. The molecule has 1 aromatic carbocycles. The van der Waals surface area contributed by atoms with Gasteiger partial charge in [0, 0.05) is 23.1 Å². The van der Waals surface area contributed by atoms with Crippen molar-refractivity contribution in [3.63, 3.8) is 0 Å². The van der Waals surface area contributed by atoms with E-state index in [0.29, 0.717) is 12.0 Å². The van der Waals surface area contributed by atoms with Crippen LogP contribution in [0.5, 0.6) is 0 Å². The van der Waals surface area contributed by atoms with Crippen LogP contribution in [0.4, 0.5) is 4.39 Å². The van der Waals surface area contributed by atoms with Crippen molar-refractivity contribution in [2.75, 3.05) is 6.61 Å². The molecule has 2 N–H and O–H groups in total. The van der Waals surface area contributed by atoms with Crippen LogP contribution in [0.2, 0.25) is 0 Å². The summed E-state index contributed by atoms with van der Waals surface area (Å²) in [6, 6.07) is 3.93. The summed E-state index contributed by atoms with van der Waals surface area (Å²) >= 11 is 3.94. The van der Waals surface area contributed by atoms with Gasteiger partial charge in [-0.2, -0.15) is 0 Å². The summed E-state index contributed by atoms with van der Waals surface area (Å²) in [6.45, 7) is 3.95. The lowest BCUT2D eigenvalue weighted by atomic mass is 10.0. The molecule has 1 aromatic rings. The summed E-state index contributed by atoms with van der Waals surface area (Å²) < 4.78 is 13.0. The van der Waals surface area contributed by atoms with Crippen molar-refractivity contribution < 1.29 is 14.3 Å². The predicted octanol–water partition coefficient (Wildman–Crippen LogP) is 2.25. The molecule has 3 nitrogen and oxygen atoms in total. The highest BCUT2D eigenvalue weighted by Crippen LogP contribution is 2.15. The van der Waals surface area contributed by atoms with E-state index in [4.69, 9.17) is 5.11 Å². The van der Waals surface area contributed by atoms with Gasteiger partial charge in [-0.15, -0.1) is 12.6 Å². The molecule has 0 fully saturated rings. The Hall–Kier alpha value is -1.07. The maximum Gasteiger partial charge on any atom is 0.251 e. The maximum atomic E-state index is 13.0. The van der Waals surface area contributed by atoms with Gasteiger partial charge in [0.25, 0.3) is 5.91 Å². The lowest BCUT2D eigenvalue weighted by Crippen LogP contribution is -2.39. The van der Waals surface area contributed by atoms with E-state index in [1.165, 1.54) is 18.2 Å². The van der Waals surface area contributed by atoms with Gasteiger partial charge in [-0.25, -0.2) is 4.39 Å². The topological polar surface area (TPSA) is 49.3 Å². The summed E-state index contributed by atoms with van der Waals surface area (Å²) in [7, 11) is 0. The number of carbonyl (C=O) groups excluding carboxylic acids is 1. The third-order valence-electron chi connectivity index (χ3n) is 2.77. The lowest BCUT2D eigenvalue weighted by molar-refractivity contribution is 0.0916. The minimum Gasteiger partial charge on any atom is -0.396 e. The smallest absolute Gasteiger partial charge is 0.251 e. The van der Waals surface area contributed by atoms with Gasteiger partial charge in [0.05, 0.1) is 0 Å². The molecule has 18 heavy (non-hydrogen) atoms. The first-order valence-corrected chi connectivity index (χ1v) is 6.30. The Morgan fingerprint density at radius 2 is 2.17 bits per heavy atom. The van der Waals surface area contributed by atoms with Gasteiger partial charge in [0.1, 0.15) is 5.82 Å². The Kier molecular flexibility index (Phi) is 5.62. The second kappa shape index (κ2) is 6.75. The quantitative estimate of drug-likeness (QED) is 0.719. The molecule has 1 atom stereocenters. The van der Waals surface area contributed by atoms with Crippen LogP contribution in [-0.4, -0.2) is 23.7 Å². The summed E-state index contributed by atoms with van der Waals surface area (Å²) in [5, 5.41) is 11.8. The summed E-state index contributed by atoms with van der Waals surface area (Å²) in [5.41, 5.74) is 0.366. The van der Waals surface area contributed by atoms with E-state index in [9.17, 15) is 9.18 Å². The molecule has 0 spiro atoms. The van der Waals surface area contributed by atoms with Crippen LogP contribution in [0.1, 0.15) is 30.6 Å². The van der Waals surface area contributed by atoms with Gasteiger partial charge in [0.15, 0.2) is 0 Å². The highest BCUT2D eigenvalue weighted by molar-refractivity contribution is 7.80. The first-order chi connectivity index (χ1) is 8.45. The molecule has 0 bridgehead atoms.